The number of nitrogen functional groups attached to an aromatic ring is 1. The smallest absolute Gasteiger partial charge is 0.141 e. The summed E-state index contributed by atoms with van der Waals surface area (Å²) in [6.07, 6.45) is 2.62. The number of anilines is 1. The zero-order valence-electron chi connectivity index (χ0n) is 8.42. The number of hydrogen-bond acceptors (Lipinski definition) is 3. The fraction of sp³-hybridized carbons (Fsp3) is 0.455. The van der Waals surface area contributed by atoms with Crippen molar-refractivity contribution in [1.29, 1.82) is 0 Å². The molecule has 0 spiro atoms. The third-order valence-electron chi connectivity index (χ3n) is 2.47. The lowest BCUT2D eigenvalue weighted by atomic mass is 10.2. The van der Waals surface area contributed by atoms with Gasteiger partial charge >= 0.3 is 0 Å². The molecule has 1 aliphatic rings. The number of hydrogen-bond donors (Lipinski definition) is 2. The van der Waals surface area contributed by atoms with Crippen molar-refractivity contribution in [2.75, 3.05) is 12.8 Å². The largest absolute Gasteiger partial charge is 0.495 e. The van der Waals surface area contributed by atoms with E-state index in [4.69, 9.17) is 10.5 Å². The standard InChI is InChI=1S/C11H16N2O/c1-14-11-5-2-8(6-10(11)12)7-13-9-3-4-9/h2,5-6,9,13H,3-4,7,12H2,1H3. The van der Waals surface area contributed by atoms with E-state index < -0.39 is 0 Å². The second-order valence-electron chi connectivity index (χ2n) is 3.73. The Morgan fingerprint density at radius 3 is 2.86 bits per heavy atom. The minimum absolute atomic E-state index is 0.711. The molecule has 1 aromatic carbocycles. The molecule has 1 aromatic rings. The maximum atomic E-state index is 5.80. The highest BCUT2D eigenvalue weighted by Crippen LogP contribution is 2.23. The molecule has 0 aromatic heterocycles. The molecular formula is C11H16N2O. The van der Waals surface area contributed by atoms with E-state index >= 15 is 0 Å². The van der Waals surface area contributed by atoms with Gasteiger partial charge in [-0.05, 0) is 30.5 Å². The van der Waals surface area contributed by atoms with Gasteiger partial charge in [0.2, 0.25) is 0 Å². The second-order valence-corrected chi connectivity index (χ2v) is 3.73. The van der Waals surface area contributed by atoms with Crippen LogP contribution in [0, 0.1) is 0 Å². The van der Waals surface area contributed by atoms with Gasteiger partial charge in [0.25, 0.3) is 0 Å². The average Bonchev–Trinajstić information content (AvgIpc) is 2.98. The summed E-state index contributed by atoms with van der Waals surface area (Å²) in [4.78, 5) is 0. The van der Waals surface area contributed by atoms with E-state index in [0.717, 1.165) is 18.3 Å². The Kier molecular flexibility index (Phi) is 2.59. The van der Waals surface area contributed by atoms with Crippen molar-refractivity contribution in [3.63, 3.8) is 0 Å². The number of methoxy groups -OCH3 is 1. The van der Waals surface area contributed by atoms with E-state index in [9.17, 15) is 0 Å². The Labute approximate surface area is 84.3 Å². The summed E-state index contributed by atoms with van der Waals surface area (Å²) < 4.78 is 5.09. The van der Waals surface area contributed by atoms with E-state index in [0.29, 0.717) is 5.69 Å². The Balaban J connectivity index is 1.99. The van der Waals surface area contributed by atoms with E-state index in [1.54, 1.807) is 7.11 Å². The van der Waals surface area contributed by atoms with Crippen molar-refractivity contribution in [3.05, 3.63) is 23.8 Å². The van der Waals surface area contributed by atoms with Crippen LogP contribution in [-0.2, 0) is 6.54 Å². The monoisotopic (exact) mass is 192 g/mol. The van der Waals surface area contributed by atoms with Crippen LogP contribution in [0.4, 0.5) is 5.69 Å². The molecule has 0 bridgehead atoms. The molecule has 0 aliphatic heterocycles. The Morgan fingerprint density at radius 2 is 2.29 bits per heavy atom. The molecule has 3 heteroatoms. The van der Waals surface area contributed by atoms with E-state index in [2.05, 4.69) is 5.32 Å². The molecule has 0 heterocycles. The fourth-order valence-electron chi connectivity index (χ4n) is 1.44. The number of benzene rings is 1. The summed E-state index contributed by atoms with van der Waals surface area (Å²) in [5.41, 5.74) is 7.73. The maximum Gasteiger partial charge on any atom is 0.141 e. The quantitative estimate of drug-likeness (QED) is 0.711. The van der Waals surface area contributed by atoms with Crippen LogP contribution in [-0.4, -0.2) is 13.2 Å². The molecular weight excluding hydrogens is 176 g/mol. The molecule has 3 N–H and O–H groups in total. The van der Waals surface area contributed by atoms with Gasteiger partial charge in [-0.2, -0.15) is 0 Å². The van der Waals surface area contributed by atoms with Gasteiger partial charge in [-0.15, -0.1) is 0 Å². The van der Waals surface area contributed by atoms with Crippen LogP contribution < -0.4 is 15.8 Å². The first kappa shape index (κ1) is 9.34. The molecule has 14 heavy (non-hydrogen) atoms. The summed E-state index contributed by atoms with van der Waals surface area (Å²) in [5.74, 6) is 0.750. The molecule has 1 aliphatic carbocycles. The first-order chi connectivity index (χ1) is 6.79. The third-order valence-corrected chi connectivity index (χ3v) is 2.47. The lowest BCUT2D eigenvalue weighted by molar-refractivity contribution is 0.417. The van der Waals surface area contributed by atoms with Gasteiger partial charge in [-0.3, -0.25) is 0 Å². The van der Waals surface area contributed by atoms with Crippen molar-refractivity contribution in [2.24, 2.45) is 0 Å². The van der Waals surface area contributed by atoms with Crippen LogP contribution in [0.25, 0.3) is 0 Å². The molecule has 0 amide bonds. The van der Waals surface area contributed by atoms with E-state index in [1.165, 1.54) is 18.4 Å². The molecule has 76 valence electrons. The Hall–Kier alpha value is -1.22. The highest BCUT2D eigenvalue weighted by atomic mass is 16.5. The van der Waals surface area contributed by atoms with Crippen molar-refractivity contribution >= 4 is 5.69 Å². The summed E-state index contributed by atoms with van der Waals surface area (Å²) in [6, 6.07) is 6.66. The highest BCUT2D eigenvalue weighted by molar-refractivity contribution is 5.54. The lowest BCUT2D eigenvalue weighted by Crippen LogP contribution is -2.15. The van der Waals surface area contributed by atoms with E-state index in [-0.39, 0.29) is 0 Å². The summed E-state index contributed by atoms with van der Waals surface area (Å²) in [7, 11) is 1.63. The molecule has 1 fully saturated rings. The molecule has 1 saturated carbocycles. The minimum Gasteiger partial charge on any atom is -0.495 e. The normalized spacial score (nSPS) is 15.5. The summed E-state index contributed by atoms with van der Waals surface area (Å²) in [5, 5.41) is 3.44. The second kappa shape index (κ2) is 3.88. The molecule has 3 nitrogen and oxygen atoms in total. The zero-order chi connectivity index (χ0) is 9.97. The number of nitrogens with one attached hydrogen (secondary N) is 1. The van der Waals surface area contributed by atoms with Crippen molar-refractivity contribution in [3.8, 4) is 5.75 Å². The Morgan fingerprint density at radius 1 is 1.50 bits per heavy atom. The summed E-state index contributed by atoms with van der Waals surface area (Å²) in [6.45, 7) is 0.902. The number of ether oxygens (including phenoxy) is 1. The van der Waals surface area contributed by atoms with Gasteiger partial charge in [0.1, 0.15) is 5.75 Å². The summed E-state index contributed by atoms with van der Waals surface area (Å²) >= 11 is 0. The maximum absolute atomic E-state index is 5.80. The molecule has 0 saturated heterocycles. The van der Waals surface area contributed by atoms with E-state index in [1.807, 2.05) is 18.2 Å². The predicted octanol–water partition coefficient (Wildman–Crippen LogP) is 1.53. The SMILES string of the molecule is COc1ccc(CNC2CC2)cc1N. The van der Waals surface area contributed by atoms with Gasteiger partial charge in [-0.1, -0.05) is 6.07 Å². The van der Waals surface area contributed by atoms with Crippen molar-refractivity contribution < 1.29 is 4.74 Å². The van der Waals surface area contributed by atoms with Crippen molar-refractivity contribution in [2.45, 2.75) is 25.4 Å². The minimum atomic E-state index is 0.711. The predicted molar refractivity (Wildman–Crippen MR) is 57.3 cm³/mol. The zero-order valence-corrected chi connectivity index (χ0v) is 8.42. The van der Waals surface area contributed by atoms with Gasteiger partial charge in [0.15, 0.2) is 0 Å². The fourth-order valence-corrected chi connectivity index (χ4v) is 1.44. The van der Waals surface area contributed by atoms with Crippen LogP contribution in [0.2, 0.25) is 0 Å². The third kappa shape index (κ3) is 2.17. The van der Waals surface area contributed by atoms with Gasteiger partial charge in [-0.25, -0.2) is 0 Å². The first-order valence-corrected chi connectivity index (χ1v) is 4.95. The van der Waals surface area contributed by atoms with Gasteiger partial charge in [0.05, 0.1) is 12.8 Å². The molecule has 0 unspecified atom stereocenters. The van der Waals surface area contributed by atoms with Gasteiger partial charge in [0, 0.05) is 12.6 Å². The average molecular weight is 192 g/mol. The first-order valence-electron chi connectivity index (χ1n) is 4.95. The lowest BCUT2D eigenvalue weighted by Gasteiger charge is -2.07. The Bertz CT molecular complexity index is 321. The molecule has 0 radical (unpaired) electrons. The molecule has 2 rings (SSSR count). The highest BCUT2D eigenvalue weighted by Gasteiger charge is 2.19. The van der Waals surface area contributed by atoms with Crippen LogP contribution >= 0.6 is 0 Å². The molecule has 0 atom stereocenters. The van der Waals surface area contributed by atoms with Crippen LogP contribution in [0.15, 0.2) is 18.2 Å². The van der Waals surface area contributed by atoms with Crippen LogP contribution in [0.3, 0.4) is 0 Å². The van der Waals surface area contributed by atoms with Crippen LogP contribution in [0.5, 0.6) is 5.75 Å². The number of nitrogens with two attached hydrogens (primary N) is 1. The topological polar surface area (TPSA) is 47.3 Å². The number of rotatable bonds is 4. The van der Waals surface area contributed by atoms with Crippen molar-refractivity contribution in [1.82, 2.24) is 5.32 Å². The van der Waals surface area contributed by atoms with Crippen LogP contribution in [0.1, 0.15) is 18.4 Å². The van der Waals surface area contributed by atoms with Gasteiger partial charge < -0.3 is 15.8 Å².